The number of hydrogen-bond acceptors (Lipinski definition) is 3. The highest BCUT2D eigenvalue weighted by Crippen LogP contribution is 2.23. The molecule has 3 rings (SSSR count). The fourth-order valence-corrected chi connectivity index (χ4v) is 2.67. The molecule has 0 saturated carbocycles. The first-order chi connectivity index (χ1) is 9.63. The summed E-state index contributed by atoms with van der Waals surface area (Å²) in [6.07, 6.45) is 3.21. The van der Waals surface area contributed by atoms with E-state index in [2.05, 4.69) is 17.2 Å². The van der Waals surface area contributed by atoms with Crippen molar-refractivity contribution in [3.05, 3.63) is 46.8 Å². The second-order valence-corrected chi connectivity index (χ2v) is 5.49. The van der Waals surface area contributed by atoms with Crippen LogP contribution in [0.15, 0.2) is 24.3 Å². The number of carbonyl (C=O) groups is 1. The molecule has 1 aromatic carbocycles. The fourth-order valence-electron chi connectivity index (χ4n) is 2.67. The predicted molar refractivity (Wildman–Crippen MR) is 73.7 cm³/mol. The molecule has 5 heteroatoms. The van der Waals surface area contributed by atoms with Crippen LogP contribution in [0.2, 0.25) is 0 Å². The lowest BCUT2D eigenvalue weighted by molar-refractivity contribution is 0.0697. The fraction of sp³-hybridized carbons (Fsp3) is 0.400. The van der Waals surface area contributed by atoms with Gasteiger partial charge in [0.2, 0.25) is 0 Å². The van der Waals surface area contributed by atoms with E-state index in [0.29, 0.717) is 18.0 Å². The number of aromatic carboxylic acids is 1. The zero-order chi connectivity index (χ0) is 14.1. The Morgan fingerprint density at radius 2 is 2.15 bits per heavy atom. The molecule has 5 nitrogen and oxygen atoms in total. The Hall–Kier alpha value is -2.17. The molecule has 1 atom stereocenters. The van der Waals surface area contributed by atoms with Crippen molar-refractivity contribution < 1.29 is 9.90 Å². The maximum Gasteiger partial charge on any atom is 0.335 e. The van der Waals surface area contributed by atoms with Gasteiger partial charge in [0.1, 0.15) is 0 Å². The maximum absolute atomic E-state index is 10.8. The summed E-state index contributed by atoms with van der Waals surface area (Å²) in [5.41, 5.74) is 3.70. The van der Waals surface area contributed by atoms with Crippen molar-refractivity contribution in [2.24, 2.45) is 5.92 Å². The van der Waals surface area contributed by atoms with E-state index in [9.17, 15) is 4.79 Å². The second kappa shape index (κ2) is 5.07. The number of carboxylic acids is 1. The van der Waals surface area contributed by atoms with Crippen molar-refractivity contribution in [2.75, 3.05) is 0 Å². The van der Waals surface area contributed by atoms with Crippen LogP contribution in [0.25, 0.3) is 0 Å². The van der Waals surface area contributed by atoms with Crippen LogP contribution in [0.1, 0.15) is 40.7 Å². The van der Waals surface area contributed by atoms with Crippen LogP contribution in [-0.2, 0) is 19.4 Å². The highest BCUT2D eigenvalue weighted by molar-refractivity contribution is 5.87. The molecule has 1 aliphatic rings. The lowest BCUT2D eigenvalue weighted by Gasteiger charge is -2.17. The molecule has 2 aromatic rings. The molecule has 0 spiro atoms. The molecule has 0 amide bonds. The molecular weight excluding hydrogens is 254 g/mol. The van der Waals surface area contributed by atoms with Gasteiger partial charge in [-0.1, -0.05) is 24.3 Å². The van der Waals surface area contributed by atoms with Gasteiger partial charge < -0.3 is 5.11 Å². The van der Waals surface area contributed by atoms with Crippen LogP contribution in [0, 0.1) is 5.92 Å². The first kappa shape index (κ1) is 12.8. The van der Waals surface area contributed by atoms with Gasteiger partial charge in [-0.15, -0.1) is 5.10 Å². The Morgan fingerprint density at radius 3 is 2.85 bits per heavy atom. The van der Waals surface area contributed by atoms with Gasteiger partial charge in [0.25, 0.3) is 0 Å². The Labute approximate surface area is 117 Å². The minimum Gasteiger partial charge on any atom is -0.478 e. The second-order valence-electron chi connectivity index (χ2n) is 5.49. The van der Waals surface area contributed by atoms with E-state index >= 15 is 0 Å². The number of aromatic nitrogens is 3. The van der Waals surface area contributed by atoms with Crippen LogP contribution in [-0.4, -0.2) is 26.1 Å². The molecule has 1 N–H and O–H groups in total. The van der Waals surface area contributed by atoms with Crippen molar-refractivity contribution in [1.82, 2.24) is 15.0 Å². The minimum atomic E-state index is -0.899. The molecule has 0 bridgehead atoms. The maximum atomic E-state index is 10.8. The van der Waals surface area contributed by atoms with Gasteiger partial charge in [-0.2, -0.15) is 0 Å². The normalized spacial score (nSPS) is 17.8. The topological polar surface area (TPSA) is 68.0 Å². The molecule has 0 saturated heterocycles. The summed E-state index contributed by atoms with van der Waals surface area (Å²) in [5.74, 6) is -0.217. The summed E-state index contributed by atoms with van der Waals surface area (Å²) in [5, 5.41) is 17.4. The predicted octanol–water partition coefficient (Wildman–Crippen LogP) is 2.15. The van der Waals surface area contributed by atoms with Crippen LogP contribution in [0.4, 0.5) is 0 Å². The zero-order valence-corrected chi connectivity index (χ0v) is 11.4. The minimum absolute atomic E-state index is 0.309. The van der Waals surface area contributed by atoms with E-state index in [1.165, 1.54) is 12.1 Å². The summed E-state index contributed by atoms with van der Waals surface area (Å²) in [4.78, 5) is 10.8. The van der Waals surface area contributed by atoms with Gasteiger partial charge in [0.15, 0.2) is 0 Å². The molecule has 1 aromatic heterocycles. The molecule has 20 heavy (non-hydrogen) atoms. The Kier molecular flexibility index (Phi) is 3.26. The number of fused-ring (bicyclic) bond motifs is 1. The first-order valence-electron chi connectivity index (χ1n) is 6.87. The van der Waals surface area contributed by atoms with E-state index in [1.807, 2.05) is 16.8 Å². The van der Waals surface area contributed by atoms with E-state index in [4.69, 9.17) is 5.11 Å². The number of nitrogens with zero attached hydrogens (tertiary/aromatic N) is 3. The number of carboxylic acid groups (broad SMARTS) is 1. The molecule has 0 radical (unpaired) electrons. The van der Waals surface area contributed by atoms with Crippen molar-refractivity contribution >= 4 is 5.97 Å². The highest BCUT2D eigenvalue weighted by atomic mass is 16.4. The third-order valence-corrected chi connectivity index (χ3v) is 3.87. The monoisotopic (exact) mass is 271 g/mol. The largest absolute Gasteiger partial charge is 0.478 e. The Balaban J connectivity index is 1.80. The summed E-state index contributed by atoms with van der Waals surface area (Å²) in [6, 6.07) is 6.93. The molecular formula is C15H17N3O2. The first-order valence-corrected chi connectivity index (χ1v) is 6.87. The van der Waals surface area contributed by atoms with Crippen LogP contribution in [0.5, 0.6) is 0 Å². The quantitative estimate of drug-likeness (QED) is 0.928. The summed E-state index contributed by atoms with van der Waals surface area (Å²) >= 11 is 0. The molecule has 1 aliphatic carbocycles. The van der Waals surface area contributed by atoms with Crippen molar-refractivity contribution in [1.29, 1.82) is 0 Å². The van der Waals surface area contributed by atoms with Gasteiger partial charge in [0.05, 0.1) is 23.5 Å². The summed E-state index contributed by atoms with van der Waals surface area (Å²) in [7, 11) is 0. The number of rotatable bonds is 3. The smallest absolute Gasteiger partial charge is 0.335 e. The van der Waals surface area contributed by atoms with Crippen molar-refractivity contribution in [3.63, 3.8) is 0 Å². The molecule has 1 unspecified atom stereocenters. The number of hydrogen-bond donors (Lipinski definition) is 1. The van der Waals surface area contributed by atoms with E-state index < -0.39 is 5.97 Å². The van der Waals surface area contributed by atoms with Crippen LogP contribution < -0.4 is 0 Å². The third kappa shape index (κ3) is 2.43. The van der Waals surface area contributed by atoms with Crippen LogP contribution >= 0.6 is 0 Å². The Bertz CT molecular complexity index is 631. The molecule has 104 valence electrons. The van der Waals surface area contributed by atoms with Gasteiger partial charge in [-0.3, -0.25) is 0 Å². The van der Waals surface area contributed by atoms with Gasteiger partial charge >= 0.3 is 5.97 Å². The van der Waals surface area contributed by atoms with E-state index in [1.54, 1.807) is 12.1 Å². The van der Waals surface area contributed by atoms with Gasteiger partial charge in [-0.05, 0) is 42.9 Å². The van der Waals surface area contributed by atoms with E-state index in [0.717, 1.165) is 24.1 Å². The van der Waals surface area contributed by atoms with Gasteiger partial charge in [-0.25, -0.2) is 9.48 Å². The molecule has 1 heterocycles. The standard InChI is InChI=1S/C15H17N3O2/c1-10-2-7-14-13(8-10)16-17-18(14)9-11-3-5-12(6-4-11)15(19)20/h3-6,10H,2,7-9H2,1H3,(H,19,20). The van der Waals surface area contributed by atoms with E-state index in [-0.39, 0.29) is 0 Å². The lowest BCUT2D eigenvalue weighted by Crippen LogP contribution is -2.15. The average molecular weight is 271 g/mol. The SMILES string of the molecule is CC1CCc2c(nnn2Cc2ccc(C(=O)O)cc2)C1. The lowest BCUT2D eigenvalue weighted by atomic mass is 9.91. The zero-order valence-electron chi connectivity index (χ0n) is 11.4. The number of benzene rings is 1. The van der Waals surface area contributed by atoms with Crippen molar-refractivity contribution in [2.45, 2.75) is 32.7 Å². The van der Waals surface area contributed by atoms with Gasteiger partial charge in [0, 0.05) is 0 Å². The van der Waals surface area contributed by atoms with Crippen LogP contribution in [0.3, 0.4) is 0 Å². The molecule has 0 aliphatic heterocycles. The average Bonchev–Trinajstić information content (AvgIpc) is 2.81. The summed E-state index contributed by atoms with van der Waals surface area (Å²) in [6.45, 7) is 2.89. The Morgan fingerprint density at radius 1 is 1.40 bits per heavy atom. The highest BCUT2D eigenvalue weighted by Gasteiger charge is 2.21. The third-order valence-electron chi connectivity index (χ3n) is 3.87. The molecule has 0 fully saturated rings. The summed E-state index contributed by atoms with van der Waals surface area (Å²) < 4.78 is 1.94. The van der Waals surface area contributed by atoms with Crippen molar-refractivity contribution in [3.8, 4) is 0 Å².